The van der Waals surface area contributed by atoms with Crippen LogP contribution < -0.4 is 5.32 Å². The Balaban J connectivity index is 1.92. The van der Waals surface area contributed by atoms with E-state index < -0.39 is 0 Å². The second kappa shape index (κ2) is 3.62. The second-order valence-corrected chi connectivity index (χ2v) is 5.95. The summed E-state index contributed by atoms with van der Waals surface area (Å²) >= 11 is 6.47. The van der Waals surface area contributed by atoms with Crippen LogP contribution in [-0.2, 0) is 0 Å². The smallest absolute Gasteiger partial charge is 0.204 e. The molecule has 1 fully saturated rings. The Labute approximate surface area is 92.9 Å². The van der Waals surface area contributed by atoms with Gasteiger partial charge in [-0.1, -0.05) is 25.2 Å². The molecule has 0 bridgehead atoms. The quantitative estimate of drug-likeness (QED) is 0.780. The van der Waals surface area contributed by atoms with E-state index in [1.165, 1.54) is 24.2 Å². The molecule has 0 unspecified atom stereocenters. The Bertz CT molecular complexity index is 362. The third kappa shape index (κ3) is 1.98. The number of nitrogens with zero attached hydrogens (tertiary/aromatic N) is 1. The van der Waals surface area contributed by atoms with Crippen LogP contribution in [0.3, 0.4) is 0 Å². The summed E-state index contributed by atoms with van der Waals surface area (Å²) in [4.78, 5) is 0. The number of H-pyrrole nitrogens is 1. The van der Waals surface area contributed by atoms with Gasteiger partial charge in [-0.15, -0.1) is 5.10 Å². The summed E-state index contributed by atoms with van der Waals surface area (Å²) in [6.07, 6.45) is 2.68. The minimum atomic E-state index is 0.521. The van der Waals surface area contributed by atoms with E-state index in [-0.39, 0.29) is 0 Å². The van der Waals surface area contributed by atoms with Crippen molar-refractivity contribution >= 4 is 28.7 Å². The predicted molar refractivity (Wildman–Crippen MR) is 62.3 cm³/mol. The number of nitrogens with one attached hydrogen (secondary N) is 2. The lowest BCUT2D eigenvalue weighted by molar-refractivity contribution is 0.380. The number of aromatic amines is 1. The van der Waals surface area contributed by atoms with E-state index in [1.54, 1.807) is 0 Å². The summed E-state index contributed by atoms with van der Waals surface area (Å²) in [5, 5.41) is 11.1. The first kappa shape index (κ1) is 10.1. The van der Waals surface area contributed by atoms with Gasteiger partial charge in [-0.2, -0.15) is 0 Å². The van der Waals surface area contributed by atoms with Crippen molar-refractivity contribution in [3.05, 3.63) is 3.95 Å². The fourth-order valence-corrected chi connectivity index (χ4v) is 2.46. The number of aromatic nitrogens is 2. The SMILES string of the molecule is CC(C)C1(CNc2n[nH]c(=S)s2)CC1. The van der Waals surface area contributed by atoms with Gasteiger partial charge < -0.3 is 5.32 Å². The molecule has 0 radical (unpaired) electrons. The Morgan fingerprint density at radius 1 is 1.64 bits per heavy atom. The van der Waals surface area contributed by atoms with Crippen molar-refractivity contribution in [2.24, 2.45) is 11.3 Å². The van der Waals surface area contributed by atoms with Gasteiger partial charge in [-0.3, -0.25) is 5.10 Å². The van der Waals surface area contributed by atoms with Crippen LogP contribution in [-0.4, -0.2) is 16.7 Å². The Morgan fingerprint density at radius 3 is 2.79 bits per heavy atom. The molecule has 1 aliphatic carbocycles. The first-order valence-electron chi connectivity index (χ1n) is 4.92. The monoisotopic (exact) mass is 229 g/mol. The molecule has 1 aromatic rings. The zero-order chi connectivity index (χ0) is 10.2. The van der Waals surface area contributed by atoms with Gasteiger partial charge in [0.1, 0.15) is 0 Å². The third-order valence-electron chi connectivity index (χ3n) is 3.15. The van der Waals surface area contributed by atoms with Crippen molar-refractivity contribution in [3.8, 4) is 0 Å². The van der Waals surface area contributed by atoms with Crippen molar-refractivity contribution < 1.29 is 0 Å². The van der Waals surface area contributed by atoms with Crippen LogP contribution in [0.5, 0.6) is 0 Å². The van der Waals surface area contributed by atoms with Crippen LogP contribution in [0.2, 0.25) is 0 Å². The molecule has 2 rings (SSSR count). The van der Waals surface area contributed by atoms with Crippen LogP contribution in [0.15, 0.2) is 0 Å². The number of rotatable bonds is 4. The summed E-state index contributed by atoms with van der Waals surface area (Å²) in [6, 6.07) is 0. The van der Waals surface area contributed by atoms with Crippen molar-refractivity contribution in [1.29, 1.82) is 0 Å². The summed E-state index contributed by atoms with van der Waals surface area (Å²) in [6.45, 7) is 5.61. The Hall–Kier alpha value is -0.420. The standard InChI is InChI=1S/C9H15N3S2/c1-6(2)9(3-4-9)5-10-7-11-12-8(13)14-7/h6H,3-5H2,1-2H3,(H,10,11)(H,12,13). The zero-order valence-electron chi connectivity index (χ0n) is 8.46. The van der Waals surface area contributed by atoms with Crippen LogP contribution in [0.4, 0.5) is 5.13 Å². The van der Waals surface area contributed by atoms with Crippen molar-refractivity contribution in [3.63, 3.8) is 0 Å². The summed E-state index contributed by atoms with van der Waals surface area (Å²) in [7, 11) is 0. The van der Waals surface area contributed by atoms with E-state index in [4.69, 9.17) is 12.2 Å². The molecule has 5 heteroatoms. The largest absolute Gasteiger partial charge is 0.360 e. The molecular formula is C9H15N3S2. The van der Waals surface area contributed by atoms with E-state index in [2.05, 4.69) is 29.4 Å². The molecule has 3 nitrogen and oxygen atoms in total. The minimum Gasteiger partial charge on any atom is -0.360 e. The minimum absolute atomic E-state index is 0.521. The average Bonchev–Trinajstić information content (AvgIpc) is 2.82. The van der Waals surface area contributed by atoms with Gasteiger partial charge in [0.05, 0.1) is 0 Å². The average molecular weight is 229 g/mol. The van der Waals surface area contributed by atoms with E-state index in [0.717, 1.165) is 21.5 Å². The topological polar surface area (TPSA) is 40.7 Å². The van der Waals surface area contributed by atoms with Gasteiger partial charge in [0.2, 0.25) is 5.13 Å². The van der Waals surface area contributed by atoms with E-state index in [9.17, 15) is 0 Å². The maximum Gasteiger partial charge on any atom is 0.204 e. The third-order valence-corrected chi connectivity index (χ3v) is 4.19. The summed E-state index contributed by atoms with van der Waals surface area (Å²) < 4.78 is 0.738. The van der Waals surface area contributed by atoms with Crippen LogP contribution >= 0.6 is 23.6 Å². The number of hydrogen-bond acceptors (Lipinski definition) is 4. The normalized spacial score (nSPS) is 18.5. The molecule has 2 N–H and O–H groups in total. The lowest BCUT2D eigenvalue weighted by Crippen LogP contribution is -2.20. The van der Waals surface area contributed by atoms with Crippen molar-refractivity contribution in [2.75, 3.05) is 11.9 Å². The molecule has 0 aliphatic heterocycles. The Kier molecular flexibility index (Phi) is 2.62. The fourth-order valence-electron chi connectivity index (χ4n) is 1.68. The highest BCUT2D eigenvalue weighted by Crippen LogP contribution is 2.51. The van der Waals surface area contributed by atoms with Crippen LogP contribution in [0.1, 0.15) is 26.7 Å². The Morgan fingerprint density at radius 2 is 2.36 bits per heavy atom. The summed E-state index contributed by atoms with van der Waals surface area (Å²) in [5.74, 6) is 0.752. The van der Waals surface area contributed by atoms with Crippen molar-refractivity contribution in [1.82, 2.24) is 10.2 Å². The lowest BCUT2D eigenvalue weighted by atomic mass is 9.92. The van der Waals surface area contributed by atoms with Gasteiger partial charge in [0.25, 0.3) is 0 Å². The molecule has 1 aromatic heterocycles. The molecule has 0 atom stereocenters. The van der Waals surface area contributed by atoms with E-state index >= 15 is 0 Å². The van der Waals surface area contributed by atoms with Gasteiger partial charge in [-0.25, -0.2) is 0 Å². The van der Waals surface area contributed by atoms with Gasteiger partial charge in [-0.05, 0) is 36.4 Å². The molecule has 78 valence electrons. The van der Waals surface area contributed by atoms with E-state index in [1.807, 2.05) is 0 Å². The highest BCUT2D eigenvalue weighted by molar-refractivity contribution is 7.73. The molecule has 0 aromatic carbocycles. The lowest BCUT2D eigenvalue weighted by Gasteiger charge is -2.19. The summed E-state index contributed by atoms with van der Waals surface area (Å²) in [5.41, 5.74) is 0.521. The predicted octanol–water partition coefficient (Wildman–Crippen LogP) is 3.05. The number of hydrogen-bond donors (Lipinski definition) is 2. The molecular weight excluding hydrogens is 214 g/mol. The first-order chi connectivity index (χ1) is 6.62. The maximum absolute atomic E-state index is 4.97. The molecule has 14 heavy (non-hydrogen) atoms. The highest BCUT2D eigenvalue weighted by Gasteiger charge is 2.44. The van der Waals surface area contributed by atoms with Crippen LogP contribution in [0, 0.1) is 15.3 Å². The zero-order valence-corrected chi connectivity index (χ0v) is 10.1. The molecule has 0 spiro atoms. The van der Waals surface area contributed by atoms with Gasteiger partial charge in [0, 0.05) is 6.54 Å². The highest BCUT2D eigenvalue weighted by atomic mass is 32.1. The van der Waals surface area contributed by atoms with Gasteiger partial charge in [0.15, 0.2) is 3.95 Å². The molecule has 1 aliphatic rings. The van der Waals surface area contributed by atoms with E-state index in [0.29, 0.717) is 5.41 Å². The number of anilines is 1. The molecule has 0 amide bonds. The van der Waals surface area contributed by atoms with Crippen LogP contribution in [0.25, 0.3) is 0 Å². The van der Waals surface area contributed by atoms with Crippen molar-refractivity contribution in [2.45, 2.75) is 26.7 Å². The van der Waals surface area contributed by atoms with Gasteiger partial charge >= 0.3 is 0 Å². The molecule has 1 heterocycles. The molecule has 1 saturated carbocycles. The molecule has 0 saturated heterocycles. The fraction of sp³-hybridized carbons (Fsp3) is 0.778. The maximum atomic E-state index is 4.97. The second-order valence-electron chi connectivity index (χ2n) is 4.29. The first-order valence-corrected chi connectivity index (χ1v) is 6.14.